The quantitative estimate of drug-likeness (QED) is 0.555. The Morgan fingerprint density at radius 2 is 1.76 bits per heavy atom. The molecule has 0 aliphatic carbocycles. The molecule has 1 aromatic heterocycles. The van der Waals surface area contributed by atoms with E-state index < -0.39 is 26.3 Å². The number of aromatic nitrogens is 2. The lowest BCUT2D eigenvalue weighted by molar-refractivity contribution is -0.137. The lowest BCUT2D eigenvalue weighted by Crippen LogP contribution is -2.47. The highest BCUT2D eigenvalue weighted by atomic mass is 32.2. The molecular formula is C24H26F3N3O3S. The maximum Gasteiger partial charge on any atom is 0.416 e. The smallest absolute Gasteiger partial charge is 0.342 e. The van der Waals surface area contributed by atoms with E-state index in [1.807, 2.05) is 6.92 Å². The van der Waals surface area contributed by atoms with E-state index in [0.717, 1.165) is 29.0 Å². The second-order valence-corrected chi connectivity index (χ2v) is 11.8. The maximum atomic E-state index is 13.3. The van der Waals surface area contributed by atoms with Crippen molar-refractivity contribution in [2.24, 2.45) is 5.92 Å². The summed E-state index contributed by atoms with van der Waals surface area (Å²) in [5.74, 6) is 0.296. The Labute approximate surface area is 196 Å². The number of likely N-dealkylation sites (tertiary alicyclic amines) is 1. The average molecular weight is 494 g/mol. The number of hydrogen-bond donors (Lipinski definition) is 1. The zero-order valence-corrected chi connectivity index (χ0v) is 19.9. The number of aryl methyl sites for hydroxylation is 1. The van der Waals surface area contributed by atoms with Crippen LogP contribution in [0.25, 0.3) is 11.0 Å². The molecule has 0 saturated carbocycles. The Kier molecular flexibility index (Phi) is 6.00. The van der Waals surface area contributed by atoms with Gasteiger partial charge in [0.05, 0.1) is 26.2 Å². The maximum absolute atomic E-state index is 13.3. The van der Waals surface area contributed by atoms with Crippen molar-refractivity contribution in [3.63, 3.8) is 0 Å². The fraction of sp³-hybridized carbons (Fsp3) is 0.417. The van der Waals surface area contributed by atoms with E-state index in [-0.39, 0.29) is 16.7 Å². The number of carbonyl (C=O) groups is 1. The number of fused-ring (bicyclic) bond motifs is 1. The van der Waals surface area contributed by atoms with Crippen LogP contribution in [0.1, 0.15) is 48.4 Å². The molecule has 1 aliphatic heterocycles. The van der Waals surface area contributed by atoms with Crippen molar-refractivity contribution >= 4 is 26.8 Å². The van der Waals surface area contributed by atoms with Gasteiger partial charge >= 0.3 is 6.18 Å². The molecule has 0 radical (unpaired) electrons. The fourth-order valence-corrected chi connectivity index (χ4v) is 6.42. The molecule has 0 bridgehead atoms. The largest absolute Gasteiger partial charge is 0.416 e. The first-order valence-electron chi connectivity index (χ1n) is 11.0. The molecule has 0 atom stereocenters. The van der Waals surface area contributed by atoms with Crippen molar-refractivity contribution in [3.05, 3.63) is 59.4 Å². The van der Waals surface area contributed by atoms with Crippen molar-refractivity contribution in [1.82, 2.24) is 14.9 Å². The lowest BCUT2D eigenvalue weighted by Gasteiger charge is -2.40. The number of carbonyl (C=O) groups excluding carboxylic acids is 1. The van der Waals surface area contributed by atoms with Crippen LogP contribution in [0.15, 0.2) is 47.4 Å². The number of imidazole rings is 1. The normalized spacial score (nSPS) is 16.2. The topological polar surface area (TPSA) is 83.1 Å². The first kappa shape index (κ1) is 24.3. The van der Waals surface area contributed by atoms with Gasteiger partial charge in [0.1, 0.15) is 5.82 Å². The van der Waals surface area contributed by atoms with E-state index in [2.05, 4.69) is 9.97 Å². The van der Waals surface area contributed by atoms with Crippen LogP contribution in [-0.2, 0) is 16.0 Å². The number of nitrogens with zero attached hydrogens (tertiary/aromatic N) is 2. The number of nitrogens with one attached hydrogen (secondary N) is 1. The minimum Gasteiger partial charge on any atom is -0.342 e. The SMILES string of the molecule is Cc1nc2ccc(C(=O)N3CCC(C(C)(C)S(=O)(=O)c4cccc(C(F)(F)F)c4)CC3)cc2[nH]1. The lowest BCUT2D eigenvalue weighted by atomic mass is 9.85. The van der Waals surface area contributed by atoms with Crippen molar-refractivity contribution in [1.29, 1.82) is 0 Å². The fourth-order valence-electron chi connectivity index (χ4n) is 4.59. The summed E-state index contributed by atoms with van der Waals surface area (Å²) in [5, 5.41) is 0. The van der Waals surface area contributed by atoms with Crippen LogP contribution < -0.4 is 0 Å². The van der Waals surface area contributed by atoms with Crippen LogP contribution in [0.4, 0.5) is 13.2 Å². The molecule has 182 valence electrons. The van der Waals surface area contributed by atoms with Gasteiger partial charge in [-0.05, 0) is 75.9 Å². The van der Waals surface area contributed by atoms with Gasteiger partial charge in [0, 0.05) is 18.7 Å². The van der Waals surface area contributed by atoms with Crippen LogP contribution in [0.5, 0.6) is 0 Å². The molecule has 2 heterocycles. The Morgan fingerprint density at radius 3 is 2.41 bits per heavy atom. The number of piperidine rings is 1. The minimum absolute atomic E-state index is 0.147. The van der Waals surface area contributed by atoms with Gasteiger partial charge in [-0.3, -0.25) is 4.79 Å². The van der Waals surface area contributed by atoms with Crippen molar-refractivity contribution in [2.45, 2.75) is 49.4 Å². The molecule has 6 nitrogen and oxygen atoms in total. The van der Waals surface area contributed by atoms with E-state index in [0.29, 0.717) is 37.6 Å². The molecule has 10 heteroatoms. The predicted molar refractivity (Wildman–Crippen MR) is 122 cm³/mol. The first-order valence-corrected chi connectivity index (χ1v) is 12.5. The number of H-pyrrole nitrogens is 1. The van der Waals surface area contributed by atoms with E-state index in [4.69, 9.17) is 0 Å². The molecule has 34 heavy (non-hydrogen) atoms. The van der Waals surface area contributed by atoms with E-state index in [1.54, 1.807) is 36.9 Å². The van der Waals surface area contributed by atoms with Gasteiger partial charge in [-0.1, -0.05) is 6.07 Å². The molecule has 1 amide bonds. The summed E-state index contributed by atoms with van der Waals surface area (Å²) in [7, 11) is -4.05. The minimum atomic E-state index is -4.63. The van der Waals surface area contributed by atoms with Gasteiger partial charge in [-0.25, -0.2) is 13.4 Å². The molecule has 1 aliphatic rings. The highest BCUT2D eigenvalue weighted by molar-refractivity contribution is 7.92. The molecular weight excluding hydrogens is 467 g/mol. The third-order valence-corrected chi connectivity index (χ3v) is 9.37. The Bertz CT molecular complexity index is 1340. The third-order valence-electron chi connectivity index (χ3n) is 6.78. The number of amides is 1. The van der Waals surface area contributed by atoms with Crippen molar-refractivity contribution in [3.8, 4) is 0 Å². The second-order valence-electron chi connectivity index (χ2n) is 9.25. The highest BCUT2D eigenvalue weighted by Gasteiger charge is 2.45. The highest BCUT2D eigenvalue weighted by Crippen LogP contribution is 2.39. The average Bonchev–Trinajstić information content (AvgIpc) is 3.17. The molecule has 0 spiro atoms. The summed E-state index contributed by atoms with van der Waals surface area (Å²) in [6.07, 6.45) is -3.76. The van der Waals surface area contributed by atoms with Crippen LogP contribution in [0, 0.1) is 12.8 Å². The number of aromatic amines is 1. The molecule has 4 rings (SSSR count). The van der Waals surface area contributed by atoms with E-state index >= 15 is 0 Å². The predicted octanol–water partition coefficient (Wildman–Crippen LogP) is 4.99. The van der Waals surface area contributed by atoms with Crippen LogP contribution in [0.3, 0.4) is 0 Å². The van der Waals surface area contributed by atoms with Gasteiger partial charge in [-0.2, -0.15) is 13.2 Å². The summed E-state index contributed by atoms with van der Waals surface area (Å²) >= 11 is 0. The van der Waals surface area contributed by atoms with Gasteiger partial charge < -0.3 is 9.88 Å². The third kappa shape index (κ3) is 4.31. The number of halogens is 3. The monoisotopic (exact) mass is 493 g/mol. The van der Waals surface area contributed by atoms with Gasteiger partial charge in [-0.15, -0.1) is 0 Å². The summed E-state index contributed by atoms with van der Waals surface area (Å²) in [6, 6.07) is 9.14. The molecule has 0 unspecified atom stereocenters. The molecule has 3 aromatic rings. The number of hydrogen-bond acceptors (Lipinski definition) is 4. The van der Waals surface area contributed by atoms with Crippen LogP contribution in [-0.4, -0.2) is 47.0 Å². The number of sulfone groups is 1. The summed E-state index contributed by atoms with van der Waals surface area (Å²) < 4.78 is 64.7. The van der Waals surface area contributed by atoms with E-state index in [9.17, 15) is 26.4 Å². The second kappa shape index (κ2) is 8.41. The zero-order chi connectivity index (χ0) is 24.9. The van der Waals surface area contributed by atoms with Gasteiger partial charge in [0.15, 0.2) is 9.84 Å². The van der Waals surface area contributed by atoms with Crippen molar-refractivity contribution < 1.29 is 26.4 Å². The first-order chi connectivity index (χ1) is 15.8. The summed E-state index contributed by atoms with van der Waals surface area (Å²) in [5.41, 5.74) is 1.07. The van der Waals surface area contributed by atoms with Crippen LogP contribution >= 0.6 is 0 Å². The van der Waals surface area contributed by atoms with Gasteiger partial charge in [0.2, 0.25) is 0 Å². The van der Waals surface area contributed by atoms with Crippen LogP contribution in [0.2, 0.25) is 0 Å². The zero-order valence-electron chi connectivity index (χ0n) is 19.1. The standard InChI is InChI=1S/C24H26F3N3O3S/c1-15-28-20-8-7-16(13-21(20)29-15)22(31)30-11-9-17(10-12-30)23(2,3)34(32,33)19-6-4-5-18(14-19)24(25,26)27/h4-8,13-14,17H,9-12H2,1-3H3,(H,28,29). The molecule has 2 aromatic carbocycles. The van der Waals surface area contributed by atoms with E-state index in [1.165, 1.54) is 6.07 Å². The molecule has 1 saturated heterocycles. The Morgan fingerprint density at radius 1 is 1.09 bits per heavy atom. The molecule has 1 fully saturated rings. The summed E-state index contributed by atoms with van der Waals surface area (Å²) in [4.78, 5) is 21.8. The number of benzene rings is 2. The summed E-state index contributed by atoms with van der Waals surface area (Å²) in [6.45, 7) is 5.68. The van der Waals surface area contributed by atoms with Crippen molar-refractivity contribution in [2.75, 3.05) is 13.1 Å². The molecule has 1 N–H and O–H groups in total. The van der Waals surface area contributed by atoms with Gasteiger partial charge in [0.25, 0.3) is 5.91 Å². The number of alkyl halides is 3. The Hall–Kier alpha value is -2.88. The number of rotatable bonds is 4. The Balaban J connectivity index is 1.49.